The molecule has 0 unspecified atom stereocenters. The molecule has 0 aliphatic rings. The standard InChI is InChI=1S/C19H16FN7O3/c1-11-23-24-25-27(11)12-6-7-14(20)15(10-12)21-17(28)8-9-26-16-5-3-2-4-13(16)18(29)22-19(26)30/h2-7,10H,8-9H2,1H3,(H,21,28)(H,22,29,30). The van der Waals surface area contributed by atoms with Crippen LogP contribution in [0.15, 0.2) is 52.1 Å². The third kappa shape index (κ3) is 3.60. The van der Waals surface area contributed by atoms with E-state index in [0.717, 1.165) is 0 Å². The Hall–Kier alpha value is -4.15. The van der Waals surface area contributed by atoms with Crippen molar-refractivity contribution in [2.75, 3.05) is 5.32 Å². The predicted molar refractivity (Wildman–Crippen MR) is 106 cm³/mol. The van der Waals surface area contributed by atoms with Gasteiger partial charge in [0.1, 0.15) is 5.82 Å². The van der Waals surface area contributed by atoms with Gasteiger partial charge in [-0.1, -0.05) is 12.1 Å². The summed E-state index contributed by atoms with van der Waals surface area (Å²) in [7, 11) is 0. The van der Waals surface area contributed by atoms with Gasteiger partial charge in [0.05, 0.1) is 22.3 Å². The number of nitrogens with one attached hydrogen (secondary N) is 2. The number of fused-ring (bicyclic) bond motifs is 1. The van der Waals surface area contributed by atoms with Crippen molar-refractivity contribution in [2.45, 2.75) is 19.9 Å². The number of tetrazole rings is 1. The molecule has 0 saturated carbocycles. The number of carbonyl (C=O) groups is 1. The first-order chi connectivity index (χ1) is 14.4. The lowest BCUT2D eigenvalue weighted by Gasteiger charge is -2.11. The summed E-state index contributed by atoms with van der Waals surface area (Å²) >= 11 is 0. The molecule has 0 spiro atoms. The fourth-order valence-electron chi connectivity index (χ4n) is 3.10. The maximum Gasteiger partial charge on any atom is 0.328 e. The van der Waals surface area contributed by atoms with Crippen LogP contribution in [-0.4, -0.2) is 35.7 Å². The Bertz CT molecular complexity index is 1370. The Morgan fingerprint density at radius 3 is 2.77 bits per heavy atom. The molecular weight excluding hydrogens is 393 g/mol. The highest BCUT2D eigenvalue weighted by atomic mass is 19.1. The second kappa shape index (κ2) is 7.70. The Balaban J connectivity index is 1.54. The third-order valence-electron chi connectivity index (χ3n) is 4.56. The molecule has 0 aliphatic carbocycles. The number of anilines is 1. The Morgan fingerprint density at radius 1 is 1.20 bits per heavy atom. The number of para-hydroxylation sites is 1. The topological polar surface area (TPSA) is 128 Å². The predicted octanol–water partition coefficient (Wildman–Crippen LogP) is 1.14. The maximum absolute atomic E-state index is 14.2. The Kier molecular flexibility index (Phi) is 4.92. The number of H-pyrrole nitrogens is 1. The SMILES string of the molecule is Cc1nnnn1-c1ccc(F)c(NC(=O)CCn2c(=O)[nH]c(=O)c3ccccc32)c1. The molecule has 11 heteroatoms. The zero-order valence-corrected chi connectivity index (χ0v) is 15.8. The molecule has 2 aromatic carbocycles. The molecule has 152 valence electrons. The number of hydrogen-bond donors (Lipinski definition) is 2. The lowest BCUT2D eigenvalue weighted by Crippen LogP contribution is -2.31. The molecule has 0 atom stereocenters. The normalized spacial score (nSPS) is 11.0. The number of rotatable bonds is 5. The lowest BCUT2D eigenvalue weighted by atomic mass is 10.2. The first kappa shape index (κ1) is 19.2. The number of aryl methyl sites for hydroxylation is 2. The van der Waals surface area contributed by atoms with Gasteiger partial charge < -0.3 is 5.32 Å². The molecule has 0 saturated heterocycles. The minimum absolute atomic E-state index is 0.00930. The van der Waals surface area contributed by atoms with E-state index in [9.17, 15) is 18.8 Å². The van der Waals surface area contributed by atoms with Gasteiger partial charge in [-0.15, -0.1) is 5.10 Å². The van der Waals surface area contributed by atoms with E-state index in [1.807, 2.05) is 0 Å². The first-order valence-electron chi connectivity index (χ1n) is 9.00. The van der Waals surface area contributed by atoms with Crippen LogP contribution in [0.5, 0.6) is 0 Å². The first-order valence-corrected chi connectivity index (χ1v) is 9.00. The highest BCUT2D eigenvalue weighted by Gasteiger charge is 2.13. The smallest absolute Gasteiger partial charge is 0.323 e. The molecular formula is C19H16FN7O3. The van der Waals surface area contributed by atoms with Crippen molar-refractivity contribution < 1.29 is 9.18 Å². The van der Waals surface area contributed by atoms with E-state index in [4.69, 9.17) is 0 Å². The Labute approximate surface area is 168 Å². The van der Waals surface area contributed by atoms with E-state index in [1.54, 1.807) is 31.2 Å². The zero-order valence-electron chi connectivity index (χ0n) is 15.8. The van der Waals surface area contributed by atoms with Crippen molar-refractivity contribution in [3.63, 3.8) is 0 Å². The molecule has 0 bridgehead atoms. The fourth-order valence-corrected chi connectivity index (χ4v) is 3.10. The van der Waals surface area contributed by atoms with Crippen molar-refractivity contribution in [3.05, 3.63) is 74.9 Å². The highest BCUT2D eigenvalue weighted by molar-refractivity contribution is 5.91. The second-order valence-corrected chi connectivity index (χ2v) is 6.53. The van der Waals surface area contributed by atoms with Crippen molar-refractivity contribution in [1.29, 1.82) is 0 Å². The van der Waals surface area contributed by atoms with Gasteiger partial charge in [-0.05, 0) is 47.7 Å². The van der Waals surface area contributed by atoms with Crippen LogP contribution in [0.3, 0.4) is 0 Å². The fraction of sp³-hybridized carbons (Fsp3) is 0.158. The number of nitrogens with zero attached hydrogens (tertiary/aromatic N) is 5. The summed E-state index contributed by atoms with van der Waals surface area (Å²) in [5.41, 5.74) is -0.244. The van der Waals surface area contributed by atoms with Gasteiger partial charge in [0.25, 0.3) is 5.56 Å². The quantitative estimate of drug-likeness (QED) is 0.509. The average Bonchev–Trinajstić information content (AvgIpc) is 3.15. The van der Waals surface area contributed by atoms with E-state index in [-0.39, 0.29) is 18.7 Å². The van der Waals surface area contributed by atoms with E-state index >= 15 is 0 Å². The van der Waals surface area contributed by atoms with Gasteiger partial charge in [0.2, 0.25) is 5.91 Å². The molecule has 2 heterocycles. The van der Waals surface area contributed by atoms with Crippen LogP contribution < -0.4 is 16.6 Å². The van der Waals surface area contributed by atoms with Crippen LogP contribution >= 0.6 is 0 Å². The van der Waals surface area contributed by atoms with Gasteiger partial charge in [0.15, 0.2) is 5.82 Å². The lowest BCUT2D eigenvalue weighted by molar-refractivity contribution is -0.116. The van der Waals surface area contributed by atoms with Crippen LogP contribution in [0.4, 0.5) is 10.1 Å². The summed E-state index contributed by atoms with van der Waals surface area (Å²) < 4.78 is 16.9. The van der Waals surface area contributed by atoms with E-state index in [0.29, 0.717) is 22.4 Å². The molecule has 1 amide bonds. The number of benzene rings is 2. The van der Waals surface area contributed by atoms with Crippen molar-refractivity contribution in [1.82, 2.24) is 29.8 Å². The van der Waals surface area contributed by atoms with Gasteiger partial charge in [-0.3, -0.25) is 19.1 Å². The molecule has 0 radical (unpaired) electrons. The zero-order chi connectivity index (χ0) is 21.3. The summed E-state index contributed by atoms with van der Waals surface area (Å²) in [6, 6.07) is 10.7. The largest absolute Gasteiger partial charge is 0.328 e. The van der Waals surface area contributed by atoms with E-state index in [2.05, 4.69) is 25.8 Å². The van der Waals surface area contributed by atoms with Crippen LogP contribution in [-0.2, 0) is 11.3 Å². The number of aromatic nitrogens is 6. The summed E-state index contributed by atoms with van der Waals surface area (Å²) in [5.74, 6) is -0.616. The van der Waals surface area contributed by atoms with Crippen LogP contribution in [0.2, 0.25) is 0 Å². The molecule has 2 N–H and O–H groups in total. The molecule has 30 heavy (non-hydrogen) atoms. The van der Waals surface area contributed by atoms with Crippen LogP contribution in [0.1, 0.15) is 12.2 Å². The number of aromatic amines is 1. The molecule has 10 nitrogen and oxygen atoms in total. The molecule has 4 aromatic rings. The molecule has 4 rings (SSSR count). The average molecular weight is 409 g/mol. The minimum atomic E-state index is -0.621. The van der Waals surface area contributed by atoms with Crippen LogP contribution in [0, 0.1) is 12.7 Å². The van der Waals surface area contributed by atoms with Crippen molar-refractivity contribution in [2.24, 2.45) is 0 Å². The maximum atomic E-state index is 14.2. The van der Waals surface area contributed by atoms with Crippen molar-refractivity contribution >= 4 is 22.5 Å². The number of carbonyl (C=O) groups excluding carboxylic acids is 1. The third-order valence-corrected chi connectivity index (χ3v) is 4.56. The summed E-state index contributed by atoms with van der Waals surface area (Å²) in [5, 5.41) is 14.0. The molecule has 2 aromatic heterocycles. The summed E-state index contributed by atoms with van der Waals surface area (Å²) in [4.78, 5) is 38.7. The summed E-state index contributed by atoms with van der Waals surface area (Å²) in [6.45, 7) is 1.70. The summed E-state index contributed by atoms with van der Waals surface area (Å²) in [6.07, 6.45) is -0.108. The highest BCUT2D eigenvalue weighted by Crippen LogP contribution is 2.19. The van der Waals surface area contributed by atoms with Gasteiger partial charge in [0, 0.05) is 13.0 Å². The molecule has 0 aliphatic heterocycles. The molecule has 0 fully saturated rings. The van der Waals surface area contributed by atoms with E-state index < -0.39 is 23.0 Å². The van der Waals surface area contributed by atoms with Gasteiger partial charge in [-0.2, -0.15) is 4.68 Å². The van der Waals surface area contributed by atoms with Crippen LogP contribution in [0.25, 0.3) is 16.6 Å². The Morgan fingerprint density at radius 2 is 2.00 bits per heavy atom. The van der Waals surface area contributed by atoms with Gasteiger partial charge >= 0.3 is 5.69 Å². The number of amides is 1. The number of hydrogen-bond acceptors (Lipinski definition) is 6. The number of halogens is 1. The van der Waals surface area contributed by atoms with Gasteiger partial charge in [-0.25, -0.2) is 9.18 Å². The second-order valence-electron chi connectivity index (χ2n) is 6.53. The monoisotopic (exact) mass is 409 g/mol. The van der Waals surface area contributed by atoms with Crippen molar-refractivity contribution in [3.8, 4) is 5.69 Å². The van der Waals surface area contributed by atoms with E-state index in [1.165, 1.54) is 27.4 Å². The minimum Gasteiger partial charge on any atom is -0.323 e.